The first-order valence-electron chi connectivity index (χ1n) is 7.24. The standard InChI is InChI=1S/C16H16O2.C2H6/c1-2-9-17-16-6-4-3-5-15(16)14-8-7-12(14)10-13-11-18-13;1-2/h2-8,13H,1,9-11H2;1-2H3. The summed E-state index contributed by atoms with van der Waals surface area (Å²) in [6.07, 6.45) is 7.53. The Kier molecular flexibility index (Phi) is 5.19. The highest BCUT2D eigenvalue weighted by atomic mass is 16.6. The third-order valence-corrected chi connectivity index (χ3v) is 3.18. The molecule has 1 aliphatic carbocycles. The molecule has 0 N–H and O–H groups in total. The highest BCUT2D eigenvalue weighted by Gasteiger charge is 2.27. The zero-order valence-corrected chi connectivity index (χ0v) is 12.3. The lowest BCUT2D eigenvalue weighted by Crippen LogP contribution is -2.03. The fourth-order valence-electron chi connectivity index (χ4n) is 2.12. The Balaban J connectivity index is 0.000000704. The summed E-state index contributed by atoms with van der Waals surface area (Å²) in [5, 5.41) is 0. The Hall–Kier alpha value is -1.80. The van der Waals surface area contributed by atoms with Crippen molar-refractivity contribution >= 4 is 5.57 Å². The molecule has 2 heteroatoms. The zero-order valence-electron chi connectivity index (χ0n) is 12.3. The minimum atomic E-state index is 0.432. The zero-order chi connectivity index (χ0) is 14.4. The predicted octanol–water partition coefficient (Wildman–Crippen LogP) is 4.39. The van der Waals surface area contributed by atoms with Crippen molar-refractivity contribution in [3.05, 3.63) is 60.2 Å². The summed E-state index contributed by atoms with van der Waals surface area (Å²) in [5.41, 5.74) is 3.81. The molecule has 0 saturated carbocycles. The van der Waals surface area contributed by atoms with E-state index in [4.69, 9.17) is 9.47 Å². The van der Waals surface area contributed by atoms with Crippen LogP contribution in [0.4, 0.5) is 0 Å². The smallest absolute Gasteiger partial charge is 0.127 e. The molecule has 1 aromatic rings. The molecule has 1 atom stereocenters. The van der Waals surface area contributed by atoms with E-state index < -0.39 is 0 Å². The molecule has 0 bridgehead atoms. The summed E-state index contributed by atoms with van der Waals surface area (Å²) >= 11 is 0. The van der Waals surface area contributed by atoms with E-state index in [0.29, 0.717) is 12.7 Å². The van der Waals surface area contributed by atoms with Gasteiger partial charge in [0.15, 0.2) is 0 Å². The van der Waals surface area contributed by atoms with Crippen molar-refractivity contribution in [3.8, 4) is 5.75 Å². The van der Waals surface area contributed by atoms with Crippen LogP contribution in [-0.2, 0) is 4.74 Å². The minimum absolute atomic E-state index is 0.432. The molecular formula is C18H22O2. The molecule has 1 unspecified atom stereocenters. The number of para-hydroxylation sites is 1. The van der Waals surface area contributed by atoms with Crippen molar-refractivity contribution in [2.75, 3.05) is 13.2 Å². The quantitative estimate of drug-likeness (QED) is 0.565. The summed E-state index contributed by atoms with van der Waals surface area (Å²) < 4.78 is 11.0. The van der Waals surface area contributed by atoms with Crippen molar-refractivity contribution in [3.63, 3.8) is 0 Å². The van der Waals surface area contributed by atoms with Crippen molar-refractivity contribution in [2.24, 2.45) is 0 Å². The Morgan fingerprint density at radius 3 is 2.65 bits per heavy atom. The van der Waals surface area contributed by atoms with Crippen LogP contribution in [0.1, 0.15) is 25.8 Å². The number of epoxide rings is 1. The van der Waals surface area contributed by atoms with Gasteiger partial charge in [-0.3, -0.25) is 0 Å². The fraction of sp³-hybridized carbons (Fsp3) is 0.333. The molecule has 2 aliphatic rings. The number of hydrogen-bond acceptors (Lipinski definition) is 2. The summed E-state index contributed by atoms with van der Waals surface area (Å²) in [6.45, 7) is 9.12. The van der Waals surface area contributed by atoms with Crippen LogP contribution in [0, 0.1) is 0 Å². The molecule has 1 fully saturated rings. The molecule has 3 rings (SSSR count). The molecule has 2 nitrogen and oxygen atoms in total. The third kappa shape index (κ3) is 3.40. The van der Waals surface area contributed by atoms with Gasteiger partial charge in [-0.15, -0.1) is 0 Å². The Morgan fingerprint density at radius 1 is 1.30 bits per heavy atom. The molecule has 1 heterocycles. The average Bonchev–Trinajstić information content (AvgIpc) is 3.29. The van der Waals surface area contributed by atoms with Gasteiger partial charge < -0.3 is 9.47 Å². The molecular weight excluding hydrogens is 248 g/mol. The van der Waals surface area contributed by atoms with Gasteiger partial charge in [-0.25, -0.2) is 0 Å². The van der Waals surface area contributed by atoms with Crippen LogP contribution >= 0.6 is 0 Å². The van der Waals surface area contributed by atoms with Crippen LogP contribution < -0.4 is 4.74 Å². The summed E-state index contributed by atoms with van der Waals surface area (Å²) in [7, 11) is 0. The van der Waals surface area contributed by atoms with Crippen molar-refractivity contribution < 1.29 is 9.47 Å². The summed E-state index contributed by atoms with van der Waals surface area (Å²) in [5.74, 6) is 0.922. The first-order valence-corrected chi connectivity index (χ1v) is 7.24. The van der Waals surface area contributed by atoms with Gasteiger partial charge >= 0.3 is 0 Å². The molecule has 0 aromatic heterocycles. The van der Waals surface area contributed by atoms with Gasteiger partial charge in [0.05, 0.1) is 12.7 Å². The molecule has 1 saturated heterocycles. The summed E-state index contributed by atoms with van der Waals surface area (Å²) in [6, 6.07) is 8.14. The molecule has 0 spiro atoms. The van der Waals surface area contributed by atoms with Crippen molar-refractivity contribution in [1.82, 2.24) is 0 Å². The molecule has 0 amide bonds. The van der Waals surface area contributed by atoms with E-state index in [0.717, 1.165) is 24.3 Å². The number of allylic oxidation sites excluding steroid dienone is 3. The number of rotatable bonds is 6. The fourth-order valence-corrected chi connectivity index (χ4v) is 2.12. The lowest BCUT2D eigenvalue weighted by Gasteiger charge is -2.20. The Morgan fingerprint density at radius 2 is 2.05 bits per heavy atom. The maximum Gasteiger partial charge on any atom is 0.127 e. The van der Waals surface area contributed by atoms with Gasteiger partial charge in [-0.1, -0.05) is 56.9 Å². The van der Waals surface area contributed by atoms with Crippen molar-refractivity contribution in [2.45, 2.75) is 26.4 Å². The van der Waals surface area contributed by atoms with Gasteiger partial charge in [0.1, 0.15) is 12.4 Å². The van der Waals surface area contributed by atoms with Gasteiger partial charge in [0.2, 0.25) is 0 Å². The second kappa shape index (κ2) is 7.11. The number of ether oxygens (including phenoxy) is 2. The van der Waals surface area contributed by atoms with E-state index in [2.05, 4.69) is 24.8 Å². The van der Waals surface area contributed by atoms with E-state index in [1.54, 1.807) is 6.08 Å². The van der Waals surface area contributed by atoms with Gasteiger partial charge in [0, 0.05) is 12.0 Å². The molecule has 20 heavy (non-hydrogen) atoms. The lowest BCUT2D eigenvalue weighted by atomic mass is 9.87. The first kappa shape index (κ1) is 14.6. The van der Waals surface area contributed by atoms with E-state index in [1.165, 1.54) is 11.1 Å². The molecule has 1 aromatic carbocycles. The highest BCUT2D eigenvalue weighted by molar-refractivity contribution is 5.88. The lowest BCUT2D eigenvalue weighted by molar-refractivity contribution is 0.362. The van der Waals surface area contributed by atoms with E-state index in [-0.39, 0.29) is 0 Å². The number of hydrogen-bond donors (Lipinski definition) is 0. The minimum Gasteiger partial charge on any atom is -0.489 e. The van der Waals surface area contributed by atoms with Gasteiger partial charge in [0.25, 0.3) is 0 Å². The van der Waals surface area contributed by atoms with E-state index >= 15 is 0 Å². The van der Waals surface area contributed by atoms with Gasteiger partial charge in [-0.2, -0.15) is 0 Å². The molecule has 0 radical (unpaired) electrons. The van der Waals surface area contributed by atoms with Crippen LogP contribution in [0.5, 0.6) is 5.75 Å². The monoisotopic (exact) mass is 270 g/mol. The molecule has 1 aliphatic heterocycles. The van der Waals surface area contributed by atoms with Gasteiger partial charge in [-0.05, 0) is 17.2 Å². The topological polar surface area (TPSA) is 21.8 Å². The van der Waals surface area contributed by atoms with Crippen LogP contribution in [0.15, 0.2) is 54.6 Å². The highest BCUT2D eigenvalue weighted by Crippen LogP contribution is 2.39. The van der Waals surface area contributed by atoms with Crippen LogP contribution in [0.3, 0.4) is 0 Å². The SMILES string of the molecule is C=CCOc1ccccc1C1=CC=C1CC1CO1.CC. The summed E-state index contributed by atoms with van der Waals surface area (Å²) in [4.78, 5) is 0. The van der Waals surface area contributed by atoms with E-state index in [1.807, 2.05) is 32.0 Å². The maximum atomic E-state index is 5.69. The van der Waals surface area contributed by atoms with Crippen LogP contribution in [-0.4, -0.2) is 19.3 Å². The Bertz CT molecular complexity index is 522. The number of benzene rings is 1. The molecule has 106 valence electrons. The van der Waals surface area contributed by atoms with Crippen LogP contribution in [0.2, 0.25) is 0 Å². The van der Waals surface area contributed by atoms with E-state index in [9.17, 15) is 0 Å². The third-order valence-electron chi connectivity index (χ3n) is 3.18. The maximum absolute atomic E-state index is 5.69. The van der Waals surface area contributed by atoms with Crippen LogP contribution in [0.25, 0.3) is 5.57 Å². The largest absolute Gasteiger partial charge is 0.489 e. The normalized spacial score (nSPS) is 18.8. The second-order valence-electron chi connectivity index (χ2n) is 4.53. The average molecular weight is 270 g/mol. The second-order valence-corrected chi connectivity index (χ2v) is 4.53. The Labute approximate surface area is 121 Å². The first-order chi connectivity index (χ1) is 9.88. The predicted molar refractivity (Wildman–Crippen MR) is 83.9 cm³/mol. The van der Waals surface area contributed by atoms with Crippen molar-refractivity contribution in [1.29, 1.82) is 0 Å².